The van der Waals surface area contributed by atoms with Crippen molar-refractivity contribution in [3.05, 3.63) is 47.7 Å². The molecule has 1 fully saturated rings. The first-order valence-electron chi connectivity index (χ1n) is 10.6. The van der Waals surface area contributed by atoms with Crippen molar-refractivity contribution in [3.8, 4) is 0 Å². The SMILES string of the molecule is C[C@]1(O)CC[C@H](Nc2nc(Nc3cc(C(=O)Nc4cccnc4)ns3)nc3ccsc23)CC1. The lowest BCUT2D eigenvalue weighted by atomic mass is 9.84. The average molecular weight is 482 g/mol. The lowest BCUT2D eigenvalue weighted by molar-refractivity contribution is 0.0196. The first kappa shape index (κ1) is 21.7. The average Bonchev–Trinajstić information content (AvgIpc) is 3.46. The lowest BCUT2D eigenvalue weighted by Gasteiger charge is -2.33. The number of anilines is 4. The number of carbonyl (C=O) groups excluding carboxylic acids is 1. The topological polar surface area (TPSA) is 125 Å². The summed E-state index contributed by atoms with van der Waals surface area (Å²) in [5, 5.41) is 22.4. The molecule has 33 heavy (non-hydrogen) atoms. The second-order valence-electron chi connectivity index (χ2n) is 8.34. The summed E-state index contributed by atoms with van der Waals surface area (Å²) < 4.78 is 5.24. The Morgan fingerprint density at radius 2 is 2.09 bits per heavy atom. The fourth-order valence-electron chi connectivity index (χ4n) is 3.78. The van der Waals surface area contributed by atoms with Gasteiger partial charge in [0.05, 0.1) is 27.7 Å². The highest BCUT2D eigenvalue weighted by Crippen LogP contribution is 2.33. The van der Waals surface area contributed by atoms with E-state index in [0.717, 1.165) is 41.7 Å². The standard InChI is InChI=1S/C22H23N7O2S2/c1-22(31)7-4-13(5-8-22)24-19-18-15(6-10-32-18)26-21(28-19)27-17-11-16(29-33-17)20(30)25-14-3-2-9-23-12-14/h2-3,6,9-13,31H,4-5,7-8H2,1H3,(H,25,30)(H2,24,26,27,28)/t13-,22-. The van der Waals surface area contributed by atoms with Crippen molar-refractivity contribution in [1.82, 2.24) is 19.3 Å². The van der Waals surface area contributed by atoms with Gasteiger partial charge in [0.25, 0.3) is 5.91 Å². The molecule has 0 unspecified atom stereocenters. The van der Waals surface area contributed by atoms with E-state index in [1.807, 2.05) is 18.4 Å². The summed E-state index contributed by atoms with van der Waals surface area (Å²) in [7, 11) is 0. The molecule has 0 aromatic carbocycles. The van der Waals surface area contributed by atoms with Crippen LogP contribution in [0.25, 0.3) is 10.2 Å². The number of nitrogens with one attached hydrogen (secondary N) is 3. The van der Waals surface area contributed by atoms with Crippen LogP contribution in [0.2, 0.25) is 0 Å². The van der Waals surface area contributed by atoms with Gasteiger partial charge < -0.3 is 21.1 Å². The zero-order chi connectivity index (χ0) is 22.8. The monoisotopic (exact) mass is 481 g/mol. The van der Waals surface area contributed by atoms with Crippen molar-refractivity contribution in [1.29, 1.82) is 0 Å². The van der Waals surface area contributed by atoms with Crippen molar-refractivity contribution >= 4 is 61.4 Å². The number of fused-ring (bicyclic) bond motifs is 1. The number of hydrogen-bond acceptors (Lipinski definition) is 10. The molecule has 0 radical (unpaired) electrons. The van der Waals surface area contributed by atoms with Crippen molar-refractivity contribution < 1.29 is 9.90 Å². The molecule has 1 aliphatic carbocycles. The number of aliphatic hydroxyl groups is 1. The van der Waals surface area contributed by atoms with E-state index in [1.165, 1.54) is 11.5 Å². The quantitative estimate of drug-likeness (QED) is 0.314. The molecule has 0 saturated heterocycles. The summed E-state index contributed by atoms with van der Waals surface area (Å²) in [6.45, 7) is 1.90. The Labute approximate surface area is 198 Å². The van der Waals surface area contributed by atoms with Crippen molar-refractivity contribution in [2.24, 2.45) is 0 Å². The van der Waals surface area contributed by atoms with Crippen LogP contribution in [0.15, 0.2) is 42.0 Å². The number of aromatic nitrogens is 4. The molecular formula is C22H23N7O2S2. The van der Waals surface area contributed by atoms with Crippen molar-refractivity contribution in [2.45, 2.75) is 44.2 Å². The molecule has 5 rings (SSSR count). The molecule has 9 nitrogen and oxygen atoms in total. The first-order chi connectivity index (χ1) is 15.9. The van der Waals surface area contributed by atoms with Gasteiger partial charge in [-0.15, -0.1) is 11.3 Å². The van der Waals surface area contributed by atoms with E-state index in [2.05, 4.69) is 30.3 Å². The summed E-state index contributed by atoms with van der Waals surface area (Å²) in [6, 6.07) is 7.41. The number of pyridine rings is 1. The summed E-state index contributed by atoms with van der Waals surface area (Å²) in [4.78, 5) is 25.8. The largest absolute Gasteiger partial charge is 0.390 e. The number of carbonyl (C=O) groups is 1. The lowest BCUT2D eigenvalue weighted by Crippen LogP contribution is -2.35. The molecule has 0 aliphatic heterocycles. The van der Waals surface area contributed by atoms with Crippen LogP contribution in [0.4, 0.5) is 22.5 Å². The van der Waals surface area contributed by atoms with Gasteiger partial charge >= 0.3 is 0 Å². The van der Waals surface area contributed by atoms with Crippen LogP contribution in [0.5, 0.6) is 0 Å². The smallest absolute Gasteiger partial charge is 0.275 e. The molecule has 4 aromatic rings. The highest BCUT2D eigenvalue weighted by atomic mass is 32.1. The second-order valence-corrected chi connectivity index (χ2v) is 10.1. The number of hydrogen-bond donors (Lipinski definition) is 4. The number of nitrogens with zero attached hydrogens (tertiary/aromatic N) is 4. The zero-order valence-corrected chi connectivity index (χ0v) is 19.5. The summed E-state index contributed by atoms with van der Waals surface area (Å²) in [6.07, 6.45) is 6.52. The molecule has 0 spiro atoms. The molecule has 11 heteroatoms. The Hall–Kier alpha value is -3.15. The molecular weight excluding hydrogens is 458 g/mol. The second kappa shape index (κ2) is 9.00. The van der Waals surface area contributed by atoms with Crippen molar-refractivity contribution in [2.75, 3.05) is 16.0 Å². The van der Waals surface area contributed by atoms with Gasteiger partial charge in [-0.3, -0.25) is 9.78 Å². The molecule has 4 aromatic heterocycles. The molecule has 0 bridgehead atoms. The fourth-order valence-corrected chi connectivity index (χ4v) is 5.20. The van der Waals surface area contributed by atoms with Gasteiger partial charge in [-0.05, 0) is 67.7 Å². The Kier molecular flexibility index (Phi) is 5.92. The van der Waals surface area contributed by atoms with E-state index < -0.39 is 5.60 Å². The molecule has 1 saturated carbocycles. The van der Waals surface area contributed by atoms with E-state index in [-0.39, 0.29) is 11.9 Å². The van der Waals surface area contributed by atoms with Gasteiger partial charge in [-0.25, -0.2) is 4.98 Å². The minimum Gasteiger partial charge on any atom is -0.390 e. The van der Waals surface area contributed by atoms with E-state index in [4.69, 9.17) is 4.98 Å². The molecule has 1 aliphatic rings. The predicted molar refractivity (Wildman–Crippen MR) is 132 cm³/mol. The van der Waals surface area contributed by atoms with Crippen LogP contribution in [0.1, 0.15) is 43.1 Å². The van der Waals surface area contributed by atoms with Crippen LogP contribution in [0, 0.1) is 0 Å². The highest BCUT2D eigenvalue weighted by Gasteiger charge is 2.29. The van der Waals surface area contributed by atoms with Gasteiger partial charge in [0.15, 0.2) is 0 Å². The van der Waals surface area contributed by atoms with E-state index in [1.54, 1.807) is 41.9 Å². The zero-order valence-electron chi connectivity index (χ0n) is 17.9. The summed E-state index contributed by atoms with van der Waals surface area (Å²) in [5.74, 6) is 0.911. The van der Waals surface area contributed by atoms with Crippen molar-refractivity contribution in [3.63, 3.8) is 0 Å². The van der Waals surface area contributed by atoms with E-state index in [9.17, 15) is 9.90 Å². The molecule has 4 heterocycles. The third kappa shape index (κ3) is 5.10. The van der Waals surface area contributed by atoms with Gasteiger partial charge in [-0.2, -0.15) is 9.36 Å². The van der Waals surface area contributed by atoms with Crippen LogP contribution in [-0.2, 0) is 0 Å². The number of amides is 1. The maximum absolute atomic E-state index is 12.5. The third-order valence-electron chi connectivity index (χ3n) is 5.60. The number of thiophene rings is 1. The van der Waals surface area contributed by atoms with Crippen LogP contribution >= 0.6 is 22.9 Å². The summed E-state index contributed by atoms with van der Waals surface area (Å²) >= 11 is 2.76. The predicted octanol–water partition coefficient (Wildman–Crippen LogP) is 4.64. The maximum atomic E-state index is 12.5. The molecule has 170 valence electrons. The Balaban J connectivity index is 1.31. The van der Waals surface area contributed by atoms with Crippen LogP contribution in [-0.4, -0.2) is 42.0 Å². The third-order valence-corrected chi connectivity index (χ3v) is 7.22. The fraction of sp³-hybridized carbons (Fsp3) is 0.318. The minimum absolute atomic E-state index is 0.254. The van der Waals surface area contributed by atoms with Crippen LogP contribution < -0.4 is 16.0 Å². The Bertz CT molecular complexity index is 1260. The first-order valence-corrected chi connectivity index (χ1v) is 12.3. The Morgan fingerprint density at radius 3 is 2.88 bits per heavy atom. The Morgan fingerprint density at radius 1 is 1.24 bits per heavy atom. The van der Waals surface area contributed by atoms with Gasteiger partial charge in [0.2, 0.25) is 5.95 Å². The maximum Gasteiger partial charge on any atom is 0.275 e. The van der Waals surface area contributed by atoms with Gasteiger partial charge in [0, 0.05) is 18.3 Å². The number of rotatable bonds is 6. The van der Waals surface area contributed by atoms with E-state index >= 15 is 0 Å². The summed E-state index contributed by atoms with van der Waals surface area (Å²) in [5.41, 5.74) is 1.18. The highest BCUT2D eigenvalue weighted by molar-refractivity contribution is 7.17. The molecule has 4 N–H and O–H groups in total. The van der Waals surface area contributed by atoms with Gasteiger partial charge in [0.1, 0.15) is 16.5 Å². The van der Waals surface area contributed by atoms with Crippen LogP contribution in [0.3, 0.4) is 0 Å². The molecule has 0 atom stereocenters. The minimum atomic E-state index is -0.581. The normalized spacial score (nSPS) is 20.5. The molecule has 1 amide bonds. The van der Waals surface area contributed by atoms with E-state index in [0.29, 0.717) is 22.3 Å². The van der Waals surface area contributed by atoms with Gasteiger partial charge in [-0.1, -0.05) is 0 Å².